The number of aryl methyl sites for hydroxylation is 1. The Morgan fingerprint density at radius 3 is 2.25 bits per heavy atom. The van der Waals surface area contributed by atoms with Crippen molar-refractivity contribution in [3.8, 4) is 5.75 Å². The molecule has 1 aromatic carbocycles. The maximum absolute atomic E-state index is 11.5. The molecule has 0 heterocycles. The van der Waals surface area contributed by atoms with Crippen molar-refractivity contribution in [3.05, 3.63) is 29.8 Å². The summed E-state index contributed by atoms with van der Waals surface area (Å²) in [6.45, 7) is 2.19. The Kier molecular flexibility index (Phi) is 13.6. The van der Waals surface area contributed by atoms with Crippen LogP contribution in [0.4, 0.5) is 0 Å². The molecule has 5 nitrogen and oxygen atoms in total. The molecule has 1 rings (SSSR count). The van der Waals surface area contributed by atoms with Crippen molar-refractivity contribution in [2.75, 3.05) is 5.75 Å². The minimum absolute atomic E-state index is 0. The predicted octanol–water partition coefficient (Wildman–Crippen LogP) is 0.434. The first-order valence-corrected chi connectivity index (χ1v) is 9.72. The molecule has 0 saturated heterocycles. The molecule has 0 fully saturated rings. The summed E-state index contributed by atoms with van der Waals surface area (Å²) in [4.78, 5) is 11.5. The number of para-hydroxylation sites is 1. The first-order chi connectivity index (χ1) is 10.9. The summed E-state index contributed by atoms with van der Waals surface area (Å²) in [5, 5.41) is 0. The van der Waals surface area contributed by atoms with Gasteiger partial charge in [-0.25, -0.2) is 8.42 Å². The topological polar surface area (TPSA) is 83.5 Å². The Hall–Kier alpha value is 0.236. The Bertz CT molecular complexity index is 586. The van der Waals surface area contributed by atoms with E-state index >= 15 is 0 Å². The van der Waals surface area contributed by atoms with Crippen LogP contribution in [0.25, 0.3) is 0 Å². The zero-order valence-electron chi connectivity index (χ0n) is 14.6. The first-order valence-electron chi connectivity index (χ1n) is 8.14. The Morgan fingerprint density at radius 1 is 1.04 bits per heavy atom. The van der Waals surface area contributed by atoms with Crippen molar-refractivity contribution in [3.63, 3.8) is 0 Å². The molecule has 0 unspecified atom stereocenters. The number of rotatable bonds is 11. The van der Waals surface area contributed by atoms with Crippen LogP contribution < -0.4 is 56.1 Å². The van der Waals surface area contributed by atoms with Gasteiger partial charge in [-0.1, -0.05) is 63.6 Å². The third-order valence-electron chi connectivity index (χ3n) is 3.54. The van der Waals surface area contributed by atoms with E-state index in [1.807, 2.05) is 12.1 Å². The van der Waals surface area contributed by atoms with Crippen LogP contribution in [-0.2, 0) is 21.3 Å². The molecule has 24 heavy (non-hydrogen) atoms. The number of ether oxygens (including phenoxy) is 1. The van der Waals surface area contributed by atoms with Crippen molar-refractivity contribution in [1.29, 1.82) is 0 Å². The van der Waals surface area contributed by atoms with Crippen molar-refractivity contribution in [1.82, 2.24) is 0 Å². The molecule has 0 N–H and O–H groups in total. The number of carbonyl (C=O) groups is 1. The fourth-order valence-electron chi connectivity index (χ4n) is 2.38. The molecule has 7 heteroatoms. The van der Waals surface area contributed by atoms with Crippen molar-refractivity contribution in [2.45, 2.75) is 58.3 Å². The minimum Gasteiger partial charge on any atom is -0.748 e. The van der Waals surface area contributed by atoms with Crippen LogP contribution in [0.1, 0.15) is 57.4 Å². The van der Waals surface area contributed by atoms with Crippen LogP contribution in [-0.4, -0.2) is 24.7 Å². The molecular weight excluding hydrogens is 355 g/mol. The van der Waals surface area contributed by atoms with Crippen molar-refractivity contribution < 1.29 is 73.9 Å². The van der Waals surface area contributed by atoms with Gasteiger partial charge in [0.1, 0.15) is 21.6 Å². The van der Waals surface area contributed by atoms with Gasteiger partial charge in [0.05, 0.1) is 0 Å². The second-order valence-electron chi connectivity index (χ2n) is 5.66. The second kappa shape index (κ2) is 13.4. The molecule has 0 spiro atoms. The van der Waals surface area contributed by atoms with Crippen LogP contribution in [0.15, 0.2) is 24.3 Å². The molecule has 0 saturated carbocycles. The van der Waals surface area contributed by atoms with Gasteiger partial charge in [0.2, 0.25) is 0 Å². The van der Waals surface area contributed by atoms with Gasteiger partial charge in [0, 0.05) is 0 Å². The number of carbonyl (C=O) groups excluding carboxylic acids is 1. The van der Waals surface area contributed by atoms with E-state index in [2.05, 4.69) is 6.92 Å². The Morgan fingerprint density at radius 2 is 1.62 bits per heavy atom. The third-order valence-corrected chi connectivity index (χ3v) is 4.13. The number of hydrogen-bond acceptors (Lipinski definition) is 5. The smallest absolute Gasteiger partial charge is 0.748 e. The number of hydrogen-bond donors (Lipinski definition) is 0. The molecule has 0 radical (unpaired) electrons. The summed E-state index contributed by atoms with van der Waals surface area (Å²) < 4.78 is 36.8. The maximum Gasteiger partial charge on any atom is 1.00 e. The van der Waals surface area contributed by atoms with E-state index in [4.69, 9.17) is 4.74 Å². The second-order valence-corrected chi connectivity index (χ2v) is 7.06. The van der Waals surface area contributed by atoms with E-state index in [0.29, 0.717) is 5.75 Å². The predicted molar refractivity (Wildman–Crippen MR) is 88.3 cm³/mol. The molecule has 0 aliphatic heterocycles. The summed E-state index contributed by atoms with van der Waals surface area (Å²) in [5.74, 6) is -1.84. The molecule has 0 bridgehead atoms. The Balaban J connectivity index is 0.00000529. The summed E-state index contributed by atoms with van der Waals surface area (Å²) >= 11 is 0. The largest absolute Gasteiger partial charge is 1.00 e. The van der Waals surface area contributed by atoms with E-state index in [1.165, 1.54) is 32.1 Å². The zero-order valence-corrected chi connectivity index (χ0v) is 18.6. The van der Waals surface area contributed by atoms with E-state index < -0.39 is 21.8 Å². The van der Waals surface area contributed by atoms with Gasteiger partial charge in [-0.05, 0) is 24.5 Å². The van der Waals surface area contributed by atoms with Crippen LogP contribution in [0, 0.1) is 0 Å². The molecule has 130 valence electrons. The molecule has 0 aliphatic carbocycles. The fraction of sp³-hybridized carbons (Fsp3) is 0.588. The standard InChI is InChI=1S/C17H26O5S.K/c1-2-3-4-5-6-7-8-11-15-12-9-10-13-16(15)22-17(18)14-23(19,20)21;/h9-10,12-13H,2-8,11,14H2,1H3,(H,19,20,21);/q;+1/p-1. The normalized spacial score (nSPS) is 10.9. The van der Waals surface area contributed by atoms with Gasteiger partial charge >= 0.3 is 57.4 Å². The molecule has 0 aromatic heterocycles. The van der Waals surface area contributed by atoms with Crippen molar-refractivity contribution >= 4 is 16.1 Å². The van der Waals surface area contributed by atoms with Crippen LogP contribution >= 0.6 is 0 Å². The number of esters is 1. The zero-order chi connectivity index (χ0) is 17.1. The van der Waals surface area contributed by atoms with Gasteiger partial charge in [-0.3, -0.25) is 4.79 Å². The summed E-state index contributed by atoms with van der Waals surface area (Å²) in [6, 6.07) is 7.03. The van der Waals surface area contributed by atoms with E-state index in [1.54, 1.807) is 12.1 Å². The summed E-state index contributed by atoms with van der Waals surface area (Å²) in [5.41, 5.74) is 0.859. The van der Waals surface area contributed by atoms with Crippen molar-refractivity contribution in [2.24, 2.45) is 0 Å². The molecule has 0 aliphatic rings. The van der Waals surface area contributed by atoms with E-state index in [-0.39, 0.29) is 51.4 Å². The van der Waals surface area contributed by atoms with E-state index in [0.717, 1.165) is 24.8 Å². The van der Waals surface area contributed by atoms with Gasteiger partial charge in [0.15, 0.2) is 0 Å². The average Bonchev–Trinajstić information content (AvgIpc) is 2.46. The monoisotopic (exact) mass is 380 g/mol. The summed E-state index contributed by atoms with van der Waals surface area (Å²) in [7, 11) is -4.61. The molecule has 0 atom stereocenters. The molecular formula is C17H25KO5S. The molecule has 1 aromatic rings. The fourth-order valence-corrected chi connectivity index (χ4v) is 2.73. The SMILES string of the molecule is CCCCCCCCCc1ccccc1OC(=O)CS(=O)(=O)[O-].[K+]. The summed E-state index contributed by atoms with van der Waals surface area (Å²) in [6.07, 6.45) is 9.08. The average molecular weight is 381 g/mol. The van der Waals surface area contributed by atoms with Crippen LogP contribution in [0.2, 0.25) is 0 Å². The van der Waals surface area contributed by atoms with E-state index in [9.17, 15) is 17.8 Å². The van der Waals surface area contributed by atoms with Gasteiger partial charge in [-0.2, -0.15) is 0 Å². The quantitative estimate of drug-likeness (QED) is 0.183. The maximum atomic E-state index is 11.5. The van der Waals surface area contributed by atoms with Crippen LogP contribution in [0.3, 0.4) is 0 Å². The third kappa shape index (κ3) is 11.7. The van der Waals surface area contributed by atoms with Gasteiger partial charge < -0.3 is 9.29 Å². The Labute approximate surface area is 187 Å². The number of unbranched alkanes of at least 4 members (excludes halogenated alkanes) is 6. The van der Waals surface area contributed by atoms with Crippen LogP contribution in [0.5, 0.6) is 5.75 Å². The van der Waals surface area contributed by atoms with Gasteiger partial charge in [-0.15, -0.1) is 0 Å². The minimum atomic E-state index is -4.61. The molecule has 0 amide bonds. The number of benzene rings is 1. The first kappa shape index (κ1) is 24.2. The van der Waals surface area contributed by atoms with Gasteiger partial charge in [0.25, 0.3) is 0 Å².